The van der Waals surface area contributed by atoms with Crippen molar-refractivity contribution in [2.24, 2.45) is 4.99 Å². The summed E-state index contributed by atoms with van der Waals surface area (Å²) in [5, 5.41) is 3.25. The number of nitrogens with zero attached hydrogens (tertiary/aromatic N) is 1. The summed E-state index contributed by atoms with van der Waals surface area (Å²) >= 11 is 4.49. The lowest BCUT2D eigenvalue weighted by Crippen LogP contribution is -2.15. The van der Waals surface area contributed by atoms with Gasteiger partial charge >= 0.3 is 0 Å². The van der Waals surface area contributed by atoms with Crippen LogP contribution in [0.2, 0.25) is 0 Å². The highest BCUT2D eigenvalue weighted by Crippen LogP contribution is 2.30. The highest BCUT2D eigenvalue weighted by atomic mass is 79.9. The van der Waals surface area contributed by atoms with Crippen LogP contribution in [-0.2, 0) is 0 Å². The summed E-state index contributed by atoms with van der Waals surface area (Å²) < 4.78 is 27.5. The smallest absolute Gasteiger partial charge is 0.161 e. The number of hydrogen-bond donors (Lipinski definition) is 1. The fourth-order valence-electron chi connectivity index (χ4n) is 1.42. The summed E-state index contributed by atoms with van der Waals surface area (Å²) in [6.45, 7) is 3.95. The highest BCUT2D eigenvalue weighted by Gasteiger charge is 2.26. The second-order valence-electron chi connectivity index (χ2n) is 4.39. The van der Waals surface area contributed by atoms with E-state index in [4.69, 9.17) is 0 Å². The van der Waals surface area contributed by atoms with Crippen molar-refractivity contribution in [3.8, 4) is 0 Å². The van der Waals surface area contributed by atoms with Crippen LogP contribution in [-0.4, -0.2) is 16.5 Å². The van der Waals surface area contributed by atoms with Crippen molar-refractivity contribution < 1.29 is 8.78 Å². The Hall–Kier alpha value is -0.620. The minimum atomic E-state index is -0.634. The molecule has 0 aromatic heterocycles. The van der Waals surface area contributed by atoms with Crippen molar-refractivity contribution in [3.63, 3.8) is 0 Å². The molecule has 0 atom stereocenters. The average molecular weight is 321 g/mol. The topological polar surface area (TPSA) is 24.4 Å². The molecule has 1 aliphatic rings. The van der Waals surface area contributed by atoms with E-state index in [0.29, 0.717) is 9.64 Å². The zero-order valence-electron chi connectivity index (χ0n) is 9.35. The zero-order valence-corrected chi connectivity index (χ0v) is 11.8. The van der Waals surface area contributed by atoms with Gasteiger partial charge in [0.25, 0.3) is 0 Å². The van der Waals surface area contributed by atoms with Crippen LogP contribution in [0.4, 0.5) is 14.5 Å². The molecule has 1 aromatic rings. The predicted octanol–water partition coefficient (Wildman–Crippen LogP) is 4.02. The Balaban J connectivity index is 2.26. The van der Waals surface area contributed by atoms with Crippen LogP contribution in [0.1, 0.15) is 13.8 Å². The SMILES string of the molecule is CC1(C)CSC(Nc2c(F)cc(Br)cc2F)=N1. The van der Waals surface area contributed by atoms with Crippen molar-refractivity contribution in [2.45, 2.75) is 19.4 Å². The highest BCUT2D eigenvalue weighted by molar-refractivity contribution is 9.10. The first kappa shape index (κ1) is 12.8. The third-order valence-electron chi connectivity index (χ3n) is 2.21. The Kier molecular flexibility index (Phi) is 3.45. The van der Waals surface area contributed by atoms with Crippen LogP contribution in [0.3, 0.4) is 0 Å². The zero-order chi connectivity index (χ0) is 12.6. The number of amidine groups is 1. The van der Waals surface area contributed by atoms with E-state index in [1.54, 1.807) is 0 Å². The Bertz CT molecular complexity index is 465. The van der Waals surface area contributed by atoms with Gasteiger partial charge in [-0.15, -0.1) is 0 Å². The molecule has 1 heterocycles. The lowest BCUT2D eigenvalue weighted by molar-refractivity contribution is 0.588. The summed E-state index contributed by atoms with van der Waals surface area (Å²) in [4.78, 5) is 4.34. The summed E-state index contributed by atoms with van der Waals surface area (Å²) in [6, 6.07) is 2.44. The second kappa shape index (κ2) is 4.57. The van der Waals surface area contributed by atoms with E-state index >= 15 is 0 Å². The Morgan fingerprint density at radius 3 is 2.41 bits per heavy atom. The standard InChI is InChI=1S/C11H11BrF2N2S/c1-11(2)5-17-10(16-11)15-9-7(13)3-6(12)4-8(9)14/h3-4H,5H2,1-2H3,(H,15,16). The van der Waals surface area contributed by atoms with Crippen molar-refractivity contribution in [2.75, 3.05) is 11.1 Å². The van der Waals surface area contributed by atoms with Crippen LogP contribution in [0.5, 0.6) is 0 Å². The molecule has 1 aromatic carbocycles. The Morgan fingerprint density at radius 2 is 1.94 bits per heavy atom. The van der Waals surface area contributed by atoms with Gasteiger partial charge in [-0.05, 0) is 26.0 Å². The predicted molar refractivity (Wildman–Crippen MR) is 71.7 cm³/mol. The molecule has 0 saturated carbocycles. The van der Waals surface area contributed by atoms with E-state index in [1.165, 1.54) is 23.9 Å². The minimum absolute atomic E-state index is 0.155. The molecule has 0 aliphatic carbocycles. The number of nitrogens with one attached hydrogen (secondary N) is 1. The monoisotopic (exact) mass is 320 g/mol. The van der Waals surface area contributed by atoms with Gasteiger partial charge in [-0.2, -0.15) is 0 Å². The molecule has 17 heavy (non-hydrogen) atoms. The molecule has 2 nitrogen and oxygen atoms in total. The molecule has 1 aliphatic heterocycles. The van der Waals surface area contributed by atoms with Gasteiger partial charge in [-0.3, -0.25) is 4.99 Å². The van der Waals surface area contributed by atoms with Crippen molar-refractivity contribution in [3.05, 3.63) is 28.2 Å². The van der Waals surface area contributed by atoms with Gasteiger partial charge in [0.1, 0.15) is 5.69 Å². The van der Waals surface area contributed by atoms with E-state index in [0.717, 1.165) is 5.75 Å². The molecule has 0 fully saturated rings. The molecule has 0 saturated heterocycles. The van der Waals surface area contributed by atoms with E-state index < -0.39 is 11.6 Å². The number of hydrogen-bond acceptors (Lipinski definition) is 3. The first-order chi connectivity index (χ1) is 7.87. The fraction of sp³-hybridized carbons (Fsp3) is 0.364. The Labute approximate surface area is 111 Å². The van der Waals surface area contributed by atoms with Gasteiger partial charge in [0.05, 0.1) is 5.54 Å². The quantitative estimate of drug-likeness (QED) is 0.845. The number of thioether (sulfide) groups is 1. The first-order valence-electron chi connectivity index (χ1n) is 5.02. The molecule has 0 unspecified atom stereocenters. The molecular formula is C11H11BrF2N2S. The Morgan fingerprint density at radius 1 is 1.35 bits per heavy atom. The van der Waals surface area contributed by atoms with Crippen molar-refractivity contribution >= 4 is 38.5 Å². The molecular weight excluding hydrogens is 310 g/mol. The van der Waals surface area contributed by atoms with Gasteiger partial charge in [0, 0.05) is 10.2 Å². The van der Waals surface area contributed by atoms with Crippen molar-refractivity contribution in [1.82, 2.24) is 0 Å². The maximum atomic E-state index is 13.6. The van der Waals surface area contributed by atoms with E-state index in [1.807, 2.05) is 13.8 Å². The maximum absolute atomic E-state index is 13.6. The number of aliphatic imine (C=N–C) groups is 1. The van der Waals surface area contributed by atoms with Gasteiger partial charge in [-0.25, -0.2) is 8.78 Å². The molecule has 0 radical (unpaired) electrons. The minimum Gasteiger partial charge on any atom is -0.330 e. The van der Waals surface area contributed by atoms with E-state index in [-0.39, 0.29) is 11.2 Å². The molecule has 0 spiro atoms. The van der Waals surface area contributed by atoms with Crippen LogP contribution in [0, 0.1) is 11.6 Å². The third-order valence-corrected chi connectivity index (χ3v) is 3.98. The summed E-state index contributed by atoms with van der Waals surface area (Å²) in [7, 11) is 0. The number of benzene rings is 1. The van der Waals surface area contributed by atoms with Crippen LogP contribution in [0.15, 0.2) is 21.6 Å². The molecule has 92 valence electrons. The summed E-state index contributed by atoms with van der Waals surface area (Å²) in [5.41, 5.74) is -0.341. The molecule has 0 amide bonds. The van der Waals surface area contributed by atoms with Crippen LogP contribution in [0.25, 0.3) is 0 Å². The number of anilines is 1. The van der Waals surface area contributed by atoms with Crippen LogP contribution >= 0.6 is 27.7 Å². The van der Waals surface area contributed by atoms with Gasteiger partial charge in [0.2, 0.25) is 0 Å². The van der Waals surface area contributed by atoms with Crippen LogP contribution < -0.4 is 5.32 Å². The normalized spacial score (nSPS) is 18.1. The third kappa shape index (κ3) is 2.98. The van der Waals surface area contributed by atoms with Gasteiger partial charge in [0.15, 0.2) is 16.8 Å². The number of halogens is 3. The molecule has 1 N–H and O–H groups in total. The summed E-state index contributed by atoms with van der Waals surface area (Å²) in [6.07, 6.45) is 0. The van der Waals surface area contributed by atoms with Gasteiger partial charge in [-0.1, -0.05) is 27.7 Å². The average Bonchev–Trinajstić information content (AvgIpc) is 2.52. The summed E-state index contributed by atoms with van der Waals surface area (Å²) in [5.74, 6) is -0.468. The lowest BCUT2D eigenvalue weighted by atomic mass is 10.1. The van der Waals surface area contributed by atoms with Gasteiger partial charge < -0.3 is 5.32 Å². The number of rotatable bonds is 1. The van der Waals surface area contributed by atoms with E-state index in [2.05, 4.69) is 26.2 Å². The largest absolute Gasteiger partial charge is 0.330 e. The first-order valence-corrected chi connectivity index (χ1v) is 6.79. The van der Waals surface area contributed by atoms with Crippen molar-refractivity contribution in [1.29, 1.82) is 0 Å². The lowest BCUT2D eigenvalue weighted by Gasteiger charge is -2.10. The second-order valence-corrected chi connectivity index (χ2v) is 6.27. The molecule has 2 rings (SSSR count). The fourth-order valence-corrected chi connectivity index (χ4v) is 2.86. The van der Waals surface area contributed by atoms with E-state index in [9.17, 15) is 8.78 Å². The maximum Gasteiger partial charge on any atom is 0.161 e. The molecule has 6 heteroatoms. The molecule has 0 bridgehead atoms.